The molecule has 0 radical (unpaired) electrons. The minimum atomic E-state index is 0.662. The molecule has 2 bridgehead atoms. The highest BCUT2D eigenvalue weighted by Crippen LogP contribution is 2.39. The van der Waals surface area contributed by atoms with Crippen LogP contribution in [-0.4, -0.2) is 37.1 Å². The summed E-state index contributed by atoms with van der Waals surface area (Å²) in [6.45, 7) is 2.25. The van der Waals surface area contributed by atoms with Crippen molar-refractivity contribution in [1.29, 1.82) is 0 Å². The van der Waals surface area contributed by atoms with Crippen molar-refractivity contribution in [1.82, 2.24) is 10.2 Å². The van der Waals surface area contributed by atoms with Gasteiger partial charge in [0.1, 0.15) is 0 Å². The molecule has 3 heterocycles. The Hall–Kier alpha value is -0.380. The van der Waals surface area contributed by atoms with Gasteiger partial charge in [-0.3, -0.25) is 0 Å². The minimum absolute atomic E-state index is 0.662. The first-order chi connectivity index (χ1) is 9.71. The summed E-state index contributed by atoms with van der Waals surface area (Å²) in [4.78, 5) is 5.73. The minimum Gasteiger partial charge on any atom is -0.316 e. The van der Waals surface area contributed by atoms with Crippen molar-refractivity contribution < 1.29 is 0 Å². The Morgan fingerprint density at radius 1 is 1.25 bits per heavy atom. The van der Waals surface area contributed by atoms with Crippen LogP contribution < -0.4 is 5.32 Å². The molecule has 3 rings (SSSR count). The summed E-state index contributed by atoms with van der Waals surface area (Å²) in [6, 6.07) is 7.02. The molecule has 0 spiro atoms. The topological polar surface area (TPSA) is 15.3 Å². The molecular weight excluding hydrogens is 264 g/mol. The number of piperidine rings is 1. The third kappa shape index (κ3) is 2.81. The van der Waals surface area contributed by atoms with E-state index in [0.717, 1.165) is 18.0 Å². The van der Waals surface area contributed by atoms with Gasteiger partial charge in [-0.1, -0.05) is 6.92 Å². The van der Waals surface area contributed by atoms with Crippen LogP contribution in [0.15, 0.2) is 12.1 Å². The van der Waals surface area contributed by atoms with Gasteiger partial charge in [0.2, 0.25) is 0 Å². The van der Waals surface area contributed by atoms with E-state index in [1.807, 2.05) is 11.3 Å². The molecule has 3 atom stereocenters. The largest absolute Gasteiger partial charge is 0.316 e. The second-order valence-electron chi connectivity index (χ2n) is 6.60. The molecule has 3 unspecified atom stereocenters. The van der Waals surface area contributed by atoms with E-state index >= 15 is 0 Å². The Balaban J connectivity index is 1.65. The highest BCUT2D eigenvalue weighted by Gasteiger charge is 2.40. The van der Waals surface area contributed by atoms with E-state index in [2.05, 4.69) is 43.4 Å². The van der Waals surface area contributed by atoms with Gasteiger partial charge in [0.15, 0.2) is 0 Å². The lowest BCUT2D eigenvalue weighted by Gasteiger charge is -2.39. The number of aryl methyl sites for hydroxylation is 1. The van der Waals surface area contributed by atoms with Crippen LogP contribution in [0.25, 0.3) is 0 Å². The number of thiophene rings is 1. The summed E-state index contributed by atoms with van der Waals surface area (Å²) in [5.74, 6) is 0.862. The number of hydrogen-bond donors (Lipinski definition) is 1. The van der Waals surface area contributed by atoms with Crippen LogP contribution in [0.1, 0.15) is 42.4 Å². The highest BCUT2D eigenvalue weighted by molar-refractivity contribution is 7.11. The molecule has 2 fully saturated rings. The number of likely N-dealkylation sites (N-methyl/N-ethyl adjacent to an activating group) is 1. The van der Waals surface area contributed by atoms with E-state index in [0.29, 0.717) is 6.04 Å². The van der Waals surface area contributed by atoms with Gasteiger partial charge in [-0.05, 0) is 70.7 Å². The number of rotatable bonds is 5. The predicted molar refractivity (Wildman–Crippen MR) is 87.5 cm³/mol. The summed E-state index contributed by atoms with van der Waals surface area (Å²) >= 11 is 2.01. The Kier molecular flexibility index (Phi) is 4.49. The molecule has 1 aromatic heterocycles. The molecule has 0 aliphatic carbocycles. The quantitative estimate of drug-likeness (QED) is 0.895. The maximum atomic E-state index is 3.62. The fraction of sp³-hybridized carbons (Fsp3) is 0.765. The van der Waals surface area contributed by atoms with E-state index in [-0.39, 0.29) is 0 Å². The van der Waals surface area contributed by atoms with Crippen LogP contribution in [0.2, 0.25) is 0 Å². The first-order valence-electron chi connectivity index (χ1n) is 8.18. The second-order valence-corrected chi connectivity index (χ2v) is 7.86. The zero-order valence-corrected chi connectivity index (χ0v) is 13.9. The molecule has 0 amide bonds. The van der Waals surface area contributed by atoms with Gasteiger partial charge in [0.05, 0.1) is 0 Å². The maximum Gasteiger partial charge on any atom is 0.0142 e. The van der Waals surface area contributed by atoms with Crippen molar-refractivity contribution in [3.8, 4) is 0 Å². The van der Waals surface area contributed by atoms with E-state index in [1.165, 1.54) is 43.4 Å². The van der Waals surface area contributed by atoms with Gasteiger partial charge in [-0.25, -0.2) is 0 Å². The molecule has 2 aliphatic heterocycles. The molecule has 2 saturated heterocycles. The van der Waals surface area contributed by atoms with Crippen LogP contribution >= 0.6 is 11.3 Å². The standard InChI is InChI=1S/C17H28N2S/c1-4-15-7-8-16(20-15)11-17(18-2)12-9-13-5-6-14(10-12)19(13)3/h7-8,12-14,17-18H,4-6,9-11H2,1-3H3. The van der Waals surface area contributed by atoms with Crippen LogP contribution in [0, 0.1) is 5.92 Å². The lowest BCUT2D eigenvalue weighted by Crippen LogP contribution is -2.47. The average molecular weight is 292 g/mol. The lowest BCUT2D eigenvalue weighted by molar-refractivity contribution is 0.114. The molecule has 0 aromatic carbocycles. The normalized spacial score (nSPS) is 31.6. The highest BCUT2D eigenvalue weighted by atomic mass is 32.1. The van der Waals surface area contributed by atoms with E-state index in [4.69, 9.17) is 0 Å². The van der Waals surface area contributed by atoms with Crippen LogP contribution in [0.4, 0.5) is 0 Å². The molecule has 0 saturated carbocycles. The molecule has 1 aromatic rings. The van der Waals surface area contributed by atoms with Gasteiger partial charge in [-0.15, -0.1) is 11.3 Å². The zero-order chi connectivity index (χ0) is 14.1. The maximum absolute atomic E-state index is 3.62. The molecule has 2 aliphatic rings. The first kappa shape index (κ1) is 14.6. The third-order valence-electron chi connectivity index (χ3n) is 5.56. The zero-order valence-electron chi connectivity index (χ0n) is 13.1. The Labute approximate surface area is 127 Å². The Bertz CT molecular complexity index is 428. The van der Waals surface area contributed by atoms with Gasteiger partial charge in [-0.2, -0.15) is 0 Å². The van der Waals surface area contributed by atoms with Gasteiger partial charge in [0.25, 0.3) is 0 Å². The average Bonchev–Trinajstić information content (AvgIpc) is 2.97. The SMILES string of the molecule is CCc1ccc(CC(NC)C2CC3CCC(C2)N3C)s1. The monoisotopic (exact) mass is 292 g/mol. The van der Waals surface area contributed by atoms with Gasteiger partial charge < -0.3 is 10.2 Å². The third-order valence-corrected chi connectivity index (χ3v) is 6.81. The smallest absolute Gasteiger partial charge is 0.0142 e. The molecule has 112 valence electrons. The van der Waals surface area contributed by atoms with Crippen molar-refractivity contribution >= 4 is 11.3 Å². The lowest BCUT2D eigenvalue weighted by atomic mass is 9.83. The molecular formula is C17H28N2S. The summed E-state index contributed by atoms with van der Waals surface area (Å²) in [7, 11) is 4.49. The van der Waals surface area contributed by atoms with Crippen LogP contribution in [0.3, 0.4) is 0 Å². The summed E-state index contributed by atoms with van der Waals surface area (Å²) < 4.78 is 0. The fourth-order valence-corrected chi connectivity index (χ4v) is 5.24. The van der Waals surface area contributed by atoms with E-state index in [1.54, 1.807) is 4.88 Å². The number of hydrogen-bond acceptors (Lipinski definition) is 3. The van der Waals surface area contributed by atoms with Gasteiger partial charge in [0, 0.05) is 27.9 Å². The van der Waals surface area contributed by atoms with Crippen LogP contribution in [-0.2, 0) is 12.8 Å². The fourth-order valence-electron chi connectivity index (χ4n) is 4.23. The summed E-state index contributed by atoms with van der Waals surface area (Å²) in [5.41, 5.74) is 0. The summed E-state index contributed by atoms with van der Waals surface area (Å²) in [6.07, 6.45) is 8.03. The number of fused-ring (bicyclic) bond motifs is 2. The molecule has 20 heavy (non-hydrogen) atoms. The van der Waals surface area contributed by atoms with Gasteiger partial charge >= 0.3 is 0 Å². The molecule has 1 N–H and O–H groups in total. The predicted octanol–water partition coefficient (Wildman–Crippen LogP) is 3.31. The van der Waals surface area contributed by atoms with Crippen molar-refractivity contribution in [3.05, 3.63) is 21.9 Å². The number of nitrogens with zero attached hydrogens (tertiary/aromatic N) is 1. The molecule has 3 heteroatoms. The summed E-state index contributed by atoms with van der Waals surface area (Å²) in [5, 5.41) is 3.62. The van der Waals surface area contributed by atoms with E-state index < -0.39 is 0 Å². The van der Waals surface area contributed by atoms with Crippen molar-refractivity contribution in [2.75, 3.05) is 14.1 Å². The second kappa shape index (κ2) is 6.17. The first-order valence-corrected chi connectivity index (χ1v) is 8.99. The van der Waals surface area contributed by atoms with E-state index in [9.17, 15) is 0 Å². The Morgan fingerprint density at radius 3 is 2.45 bits per heavy atom. The Morgan fingerprint density at radius 2 is 1.90 bits per heavy atom. The van der Waals surface area contributed by atoms with Crippen LogP contribution in [0.5, 0.6) is 0 Å². The van der Waals surface area contributed by atoms with Crippen molar-refractivity contribution in [3.63, 3.8) is 0 Å². The van der Waals surface area contributed by atoms with Crippen molar-refractivity contribution in [2.45, 2.75) is 63.6 Å². The number of nitrogens with one attached hydrogen (secondary N) is 1. The molecule has 2 nitrogen and oxygen atoms in total. The van der Waals surface area contributed by atoms with Crippen molar-refractivity contribution in [2.24, 2.45) is 5.92 Å².